The van der Waals surface area contributed by atoms with Crippen molar-refractivity contribution in [1.29, 1.82) is 0 Å². The Morgan fingerprint density at radius 2 is 1.23 bits per heavy atom. The van der Waals surface area contributed by atoms with Crippen LogP contribution in [0, 0.1) is 0 Å². The average Bonchev–Trinajstić information content (AvgIpc) is 2.94. The highest BCUT2D eigenvalue weighted by molar-refractivity contribution is 6.02. The van der Waals surface area contributed by atoms with E-state index in [2.05, 4.69) is 5.32 Å². The second-order valence-corrected chi connectivity index (χ2v) is 10.2. The van der Waals surface area contributed by atoms with E-state index < -0.39 is 18.0 Å². The SMILES string of the molecule is O=C(O)c1ccccc1NC(=O)C(Oc1ccc(OC2CCCCCCCCCCC2)cc1)c1ccccc1. The van der Waals surface area contributed by atoms with Crippen molar-refractivity contribution >= 4 is 17.6 Å². The van der Waals surface area contributed by atoms with Crippen molar-refractivity contribution in [3.63, 3.8) is 0 Å². The van der Waals surface area contributed by atoms with Crippen LogP contribution in [0.4, 0.5) is 5.69 Å². The Balaban J connectivity index is 1.43. The van der Waals surface area contributed by atoms with E-state index in [-0.39, 0.29) is 17.4 Å². The number of carbonyl (C=O) groups is 2. The Morgan fingerprint density at radius 3 is 1.85 bits per heavy atom. The summed E-state index contributed by atoms with van der Waals surface area (Å²) in [7, 11) is 0. The van der Waals surface area contributed by atoms with Crippen LogP contribution in [0.5, 0.6) is 11.5 Å². The number of anilines is 1. The third kappa shape index (κ3) is 8.88. The van der Waals surface area contributed by atoms with Crippen LogP contribution in [0.25, 0.3) is 0 Å². The van der Waals surface area contributed by atoms with Crippen molar-refractivity contribution < 1.29 is 24.2 Å². The normalized spacial score (nSPS) is 16.2. The summed E-state index contributed by atoms with van der Waals surface area (Å²) in [6.07, 6.45) is 13.0. The number of carbonyl (C=O) groups excluding carboxylic acids is 1. The maximum Gasteiger partial charge on any atom is 0.337 e. The van der Waals surface area contributed by atoms with Gasteiger partial charge in [0.15, 0.2) is 0 Å². The molecule has 0 saturated heterocycles. The molecule has 6 heteroatoms. The zero-order chi connectivity index (χ0) is 27.3. The Hall–Kier alpha value is -3.80. The standard InChI is InChI=1S/C33H39NO5/c35-32(34-30-20-14-13-19-29(30)33(36)37)31(25-15-9-8-10-16-25)39-28-23-21-27(22-24-28)38-26-17-11-6-4-2-1-3-5-7-12-18-26/h8-10,13-16,19-24,26,31H,1-7,11-12,17-18H2,(H,34,35)(H,36,37). The van der Waals surface area contributed by atoms with E-state index in [0.29, 0.717) is 11.3 Å². The lowest BCUT2D eigenvalue weighted by Crippen LogP contribution is -2.26. The molecule has 3 aromatic carbocycles. The first kappa shape index (κ1) is 28.2. The second kappa shape index (κ2) is 15.0. The van der Waals surface area contributed by atoms with Crippen LogP contribution >= 0.6 is 0 Å². The molecule has 1 saturated carbocycles. The largest absolute Gasteiger partial charge is 0.490 e. The molecule has 1 unspecified atom stereocenters. The first-order valence-corrected chi connectivity index (χ1v) is 14.2. The molecule has 206 valence electrons. The lowest BCUT2D eigenvalue weighted by Gasteiger charge is -2.21. The van der Waals surface area contributed by atoms with Gasteiger partial charge in [-0.3, -0.25) is 4.79 Å². The van der Waals surface area contributed by atoms with Gasteiger partial charge in [-0.15, -0.1) is 0 Å². The molecule has 1 aliphatic rings. The van der Waals surface area contributed by atoms with E-state index >= 15 is 0 Å². The van der Waals surface area contributed by atoms with Gasteiger partial charge in [-0.25, -0.2) is 4.79 Å². The van der Waals surface area contributed by atoms with Crippen LogP contribution in [-0.2, 0) is 4.79 Å². The van der Waals surface area contributed by atoms with Gasteiger partial charge in [0.05, 0.1) is 17.4 Å². The third-order valence-electron chi connectivity index (χ3n) is 7.19. The molecule has 0 bridgehead atoms. The van der Waals surface area contributed by atoms with Crippen molar-refractivity contribution in [2.75, 3.05) is 5.32 Å². The summed E-state index contributed by atoms with van der Waals surface area (Å²) in [6.45, 7) is 0. The van der Waals surface area contributed by atoms with Gasteiger partial charge < -0.3 is 19.9 Å². The highest BCUT2D eigenvalue weighted by Gasteiger charge is 2.24. The summed E-state index contributed by atoms with van der Waals surface area (Å²) >= 11 is 0. The smallest absolute Gasteiger partial charge is 0.337 e. The van der Waals surface area contributed by atoms with Gasteiger partial charge in [0.25, 0.3) is 5.91 Å². The molecule has 2 N–H and O–H groups in total. The van der Waals surface area contributed by atoms with Gasteiger partial charge in [-0.1, -0.05) is 87.4 Å². The molecule has 1 fully saturated rings. The van der Waals surface area contributed by atoms with Crippen LogP contribution in [0.1, 0.15) is 92.7 Å². The predicted molar refractivity (Wildman–Crippen MR) is 153 cm³/mol. The lowest BCUT2D eigenvalue weighted by atomic mass is 9.99. The molecule has 1 atom stereocenters. The summed E-state index contributed by atoms with van der Waals surface area (Å²) in [5.74, 6) is -0.240. The number of amides is 1. The number of benzene rings is 3. The molecule has 0 heterocycles. The topological polar surface area (TPSA) is 84.9 Å². The molecule has 39 heavy (non-hydrogen) atoms. The summed E-state index contributed by atoms with van der Waals surface area (Å²) in [6, 6.07) is 22.9. The molecular weight excluding hydrogens is 490 g/mol. The predicted octanol–water partition coefficient (Wildman–Crippen LogP) is 8.20. The van der Waals surface area contributed by atoms with Crippen molar-refractivity contribution in [2.24, 2.45) is 0 Å². The van der Waals surface area contributed by atoms with Crippen molar-refractivity contribution in [2.45, 2.75) is 82.8 Å². The molecule has 0 aromatic heterocycles. The molecule has 6 nitrogen and oxygen atoms in total. The fourth-order valence-corrected chi connectivity index (χ4v) is 5.05. The molecule has 0 aliphatic heterocycles. The van der Waals surface area contributed by atoms with Gasteiger partial charge >= 0.3 is 5.97 Å². The molecule has 1 amide bonds. The number of carboxylic acids is 1. The van der Waals surface area contributed by atoms with E-state index in [1.165, 1.54) is 63.9 Å². The summed E-state index contributed by atoms with van der Waals surface area (Å²) in [4.78, 5) is 24.9. The number of aromatic carboxylic acids is 1. The fraction of sp³-hybridized carbons (Fsp3) is 0.394. The van der Waals surface area contributed by atoms with Crippen LogP contribution in [0.15, 0.2) is 78.9 Å². The minimum atomic E-state index is -1.11. The van der Waals surface area contributed by atoms with Gasteiger partial charge in [0.2, 0.25) is 6.10 Å². The Bertz CT molecular complexity index is 1170. The zero-order valence-electron chi connectivity index (χ0n) is 22.5. The molecule has 4 rings (SSSR count). The minimum absolute atomic E-state index is 0.0193. The first-order valence-electron chi connectivity index (χ1n) is 14.2. The first-order chi connectivity index (χ1) is 19.1. The van der Waals surface area contributed by atoms with Gasteiger partial charge in [0.1, 0.15) is 11.5 Å². The number of hydrogen-bond donors (Lipinski definition) is 2. The number of para-hydroxylation sites is 1. The van der Waals surface area contributed by atoms with Crippen LogP contribution < -0.4 is 14.8 Å². The maximum atomic E-state index is 13.3. The van der Waals surface area contributed by atoms with E-state index in [1.807, 2.05) is 54.6 Å². The minimum Gasteiger partial charge on any atom is -0.490 e. The number of nitrogens with one attached hydrogen (secondary N) is 1. The van der Waals surface area contributed by atoms with Crippen LogP contribution in [0.2, 0.25) is 0 Å². The molecule has 1 aliphatic carbocycles. The Morgan fingerprint density at radius 1 is 0.692 bits per heavy atom. The highest BCUT2D eigenvalue weighted by Crippen LogP contribution is 2.28. The van der Waals surface area contributed by atoms with Gasteiger partial charge in [-0.05, 0) is 62.1 Å². The van der Waals surface area contributed by atoms with E-state index in [9.17, 15) is 14.7 Å². The van der Waals surface area contributed by atoms with Crippen molar-refractivity contribution in [3.05, 3.63) is 90.0 Å². The molecular formula is C33H39NO5. The molecule has 0 spiro atoms. The van der Waals surface area contributed by atoms with Gasteiger partial charge in [0, 0.05) is 5.56 Å². The zero-order valence-corrected chi connectivity index (χ0v) is 22.5. The molecule has 3 aromatic rings. The number of rotatable bonds is 8. The van der Waals surface area contributed by atoms with Crippen LogP contribution in [0.3, 0.4) is 0 Å². The van der Waals surface area contributed by atoms with Crippen molar-refractivity contribution in [1.82, 2.24) is 0 Å². The quantitative estimate of drug-likeness (QED) is 0.307. The molecule has 0 radical (unpaired) electrons. The lowest BCUT2D eigenvalue weighted by molar-refractivity contribution is -0.123. The fourth-order valence-electron chi connectivity index (χ4n) is 5.05. The van der Waals surface area contributed by atoms with E-state index in [4.69, 9.17) is 9.47 Å². The van der Waals surface area contributed by atoms with Gasteiger partial charge in [-0.2, -0.15) is 0 Å². The van der Waals surface area contributed by atoms with E-state index in [0.717, 1.165) is 18.6 Å². The average molecular weight is 530 g/mol. The highest BCUT2D eigenvalue weighted by atomic mass is 16.5. The Labute approximate surface area is 231 Å². The summed E-state index contributed by atoms with van der Waals surface area (Å²) in [5, 5.41) is 12.2. The number of hydrogen-bond acceptors (Lipinski definition) is 4. The summed E-state index contributed by atoms with van der Waals surface area (Å²) < 4.78 is 12.5. The maximum absolute atomic E-state index is 13.3. The second-order valence-electron chi connectivity index (χ2n) is 10.2. The third-order valence-corrected chi connectivity index (χ3v) is 7.19. The Kier molecular flexibility index (Phi) is 10.8. The summed E-state index contributed by atoms with van der Waals surface area (Å²) in [5.41, 5.74) is 0.905. The van der Waals surface area contributed by atoms with E-state index in [1.54, 1.807) is 18.2 Å². The van der Waals surface area contributed by atoms with Crippen LogP contribution in [-0.4, -0.2) is 23.1 Å². The number of ether oxygens (including phenoxy) is 2. The number of carboxylic acid groups (broad SMARTS) is 1. The van der Waals surface area contributed by atoms with Crippen molar-refractivity contribution in [3.8, 4) is 11.5 Å². The monoisotopic (exact) mass is 529 g/mol.